The molecule has 1 aliphatic carbocycles. The average Bonchev–Trinajstić information content (AvgIpc) is 2.45. The van der Waals surface area contributed by atoms with Crippen molar-refractivity contribution in [2.24, 2.45) is 11.8 Å². The highest BCUT2D eigenvalue weighted by Gasteiger charge is 2.34. The zero-order chi connectivity index (χ0) is 14.5. The van der Waals surface area contributed by atoms with Crippen molar-refractivity contribution in [2.45, 2.75) is 70.8 Å². The molecule has 2 unspecified atom stereocenters. The molecule has 4 heteroatoms. The van der Waals surface area contributed by atoms with Gasteiger partial charge in [0, 0.05) is 13.0 Å². The predicted molar refractivity (Wildman–Crippen MR) is 77.3 cm³/mol. The van der Waals surface area contributed by atoms with Gasteiger partial charge in [0.1, 0.15) is 6.04 Å². The van der Waals surface area contributed by atoms with Crippen LogP contribution in [-0.4, -0.2) is 34.5 Å². The van der Waals surface area contributed by atoms with E-state index in [1.54, 1.807) is 4.90 Å². The molecular weight excluding hydrogens is 254 g/mol. The maximum Gasteiger partial charge on any atom is 0.326 e. The maximum absolute atomic E-state index is 12.3. The average molecular weight is 281 g/mol. The second kappa shape index (κ2) is 7.09. The van der Waals surface area contributed by atoms with Crippen LogP contribution in [0.25, 0.3) is 0 Å². The molecule has 0 radical (unpaired) electrons. The monoisotopic (exact) mass is 281 g/mol. The van der Waals surface area contributed by atoms with E-state index in [0.29, 0.717) is 31.2 Å². The number of aliphatic carboxylic acids is 1. The molecule has 1 N–H and O–H groups in total. The Balaban J connectivity index is 1.84. The van der Waals surface area contributed by atoms with Gasteiger partial charge in [-0.05, 0) is 31.1 Å². The summed E-state index contributed by atoms with van der Waals surface area (Å²) in [7, 11) is 0. The van der Waals surface area contributed by atoms with Crippen molar-refractivity contribution >= 4 is 11.9 Å². The van der Waals surface area contributed by atoms with E-state index in [-0.39, 0.29) is 5.91 Å². The van der Waals surface area contributed by atoms with Crippen molar-refractivity contribution < 1.29 is 14.7 Å². The number of carboxylic acid groups (broad SMARTS) is 1. The summed E-state index contributed by atoms with van der Waals surface area (Å²) in [6.07, 6.45) is 9.40. The SMILES string of the molecule is CC1CCN(C(=O)CCC2CCCCC2)C(C(=O)O)C1. The first-order valence-corrected chi connectivity index (χ1v) is 8.10. The quantitative estimate of drug-likeness (QED) is 0.861. The summed E-state index contributed by atoms with van der Waals surface area (Å²) in [4.78, 5) is 25.3. The standard InChI is InChI=1S/C16H27NO3/c1-12-9-10-17(14(11-12)16(19)20)15(18)8-7-13-5-3-2-4-6-13/h12-14H,2-11H2,1H3,(H,19,20). The minimum atomic E-state index is -0.845. The Kier molecular flexibility index (Phi) is 5.44. The van der Waals surface area contributed by atoms with E-state index in [9.17, 15) is 14.7 Å². The van der Waals surface area contributed by atoms with Crippen LogP contribution in [0.15, 0.2) is 0 Å². The number of amides is 1. The van der Waals surface area contributed by atoms with Gasteiger partial charge < -0.3 is 10.0 Å². The van der Waals surface area contributed by atoms with Gasteiger partial charge in [0.15, 0.2) is 0 Å². The number of rotatable bonds is 4. The van der Waals surface area contributed by atoms with Crippen molar-refractivity contribution in [2.75, 3.05) is 6.54 Å². The smallest absolute Gasteiger partial charge is 0.326 e. The lowest BCUT2D eigenvalue weighted by Gasteiger charge is -2.36. The normalized spacial score (nSPS) is 28.4. The number of nitrogens with zero attached hydrogens (tertiary/aromatic N) is 1. The van der Waals surface area contributed by atoms with Crippen LogP contribution in [0.3, 0.4) is 0 Å². The van der Waals surface area contributed by atoms with Gasteiger partial charge in [-0.2, -0.15) is 0 Å². The molecule has 114 valence electrons. The van der Waals surface area contributed by atoms with Gasteiger partial charge in [-0.3, -0.25) is 4.79 Å². The Hall–Kier alpha value is -1.06. The van der Waals surface area contributed by atoms with Gasteiger partial charge in [0.2, 0.25) is 5.91 Å². The third-order valence-corrected chi connectivity index (χ3v) is 4.96. The summed E-state index contributed by atoms with van der Waals surface area (Å²) >= 11 is 0. The lowest BCUT2D eigenvalue weighted by molar-refractivity contribution is -0.153. The minimum Gasteiger partial charge on any atom is -0.480 e. The van der Waals surface area contributed by atoms with Gasteiger partial charge in [-0.25, -0.2) is 4.79 Å². The van der Waals surface area contributed by atoms with Crippen LogP contribution >= 0.6 is 0 Å². The van der Waals surface area contributed by atoms with E-state index in [0.717, 1.165) is 12.8 Å². The Bertz CT molecular complexity index is 350. The lowest BCUT2D eigenvalue weighted by atomic mass is 9.85. The van der Waals surface area contributed by atoms with Crippen molar-refractivity contribution in [3.8, 4) is 0 Å². The van der Waals surface area contributed by atoms with E-state index < -0.39 is 12.0 Å². The van der Waals surface area contributed by atoms with Crippen LogP contribution < -0.4 is 0 Å². The third kappa shape index (κ3) is 3.97. The van der Waals surface area contributed by atoms with Crippen LogP contribution in [0.4, 0.5) is 0 Å². The molecule has 2 fully saturated rings. The summed E-state index contributed by atoms with van der Waals surface area (Å²) in [5.74, 6) is 0.288. The number of carboxylic acids is 1. The fraction of sp³-hybridized carbons (Fsp3) is 0.875. The first-order valence-electron chi connectivity index (χ1n) is 8.10. The molecule has 0 bridgehead atoms. The molecule has 0 aromatic rings. The van der Waals surface area contributed by atoms with Crippen molar-refractivity contribution in [1.82, 2.24) is 4.90 Å². The molecule has 2 rings (SSSR count). The van der Waals surface area contributed by atoms with Gasteiger partial charge >= 0.3 is 5.97 Å². The highest BCUT2D eigenvalue weighted by Crippen LogP contribution is 2.29. The molecular formula is C16H27NO3. The number of piperidine rings is 1. The van der Waals surface area contributed by atoms with Gasteiger partial charge in [0.25, 0.3) is 0 Å². The number of likely N-dealkylation sites (tertiary alicyclic amines) is 1. The molecule has 1 amide bonds. The number of hydrogen-bond acceptors (Lipinski definition) is 2. The second-order valence-electron chi connectivity index (χ2n) is 6.61. The highest BCUT2D eigenvalue weighted by atomic mass is 16.4. The minimum absolute atomic E-state index is 0.0508. The summed E-state index contributed by atoms with van der Waals surface area (Å²) in [6, 6.07) is -0.599. The van der Waals surface area contributed by atoms with E-state index in [2.05, 4.69) is 6.92 Å². The molecule has 2 aliphatic rings. The molecule has 1 heterocycles. The highest BCUT2D eigenvalue weighted by molar-refractivity contribution is 5.83. The second-order valence-corrected chi connectivity index (χ2v) is 6.61. The molecule has 0 aromatic carbocycles. The molecule has 0 aromatic heterocycles. The zero-order valence-electron chi connectivity index (χ0n) is 12.5. The lowest BCUT2D eigenvalue weighted by Crippen LogP contribution is -2.49. The van der Waals surface area contributed by atoms with Crippen molar-refractivity contribution in [3.05, 3.63) is 0 Å². The summed E-state index contributed by atoms with van der Waals surface area (Å²) in [5, 5.41) is 9.30. The van der Waals surface area contributed by atoms with E-state index >= 15 is 0 Å². The van der Waals surface area contributed by atoms with Crippen LogP contribution in [0.1, 0.15) is 64.7 Å². The van der Waals surface area contributed by atoms with Crippen molar-refractivity contribution in [1.29, 1.82) is 0 Å². The van der Waals surface area contributed by atoms with Crippen LogP contribution in [-0.2, 0) is 9.59 Å². The van der Waals surface area contributed by atoms with E-state index in [1.807, 2.05) is 0 Å². The largest absolute Gasteiger partial charge is 0.480 e. The fourth-order valence-corrected chi connectivity index (χ4v) is 3.62. The molecule has 20 heavy (non-hydrogen) atoms. The van der Waals surface area contributed by atoms with Gasteiger partial charge in [-0.1, -0.05) is 39.0 Å². The predicted octanol–water partition coefficient (Wildman–Crippen LogP) is 3.06. The molecule has 1 aliphatic heterocycles. The zero-order valence-corrected chi connectivity index (χ0v) is 12.5. The van der Waals surface area contributed by atoms with Crippen LogP contribution in [0.5, 0.6) is 0 Å². The fourth-order valence-electron chi connectivity index (χ4n) is 3.62. The van der Waals surface area contributed by atoms with E-state index in [4.69, 9.17) is 0 Å². The molecule has 1 saturated carbocycles. The molecule has 2 atom stereocenters. The van der Waals surface area contributed by atoms with Gasteiger partial charge in [0.05, 0.1) is 0 Å². The number of carbonyl (C=O) groups is 2. The molecule has 4 nitrogen and oxygen atoms in total. The van der Waals surface area contributed by atoms with Crippen LogP contribution in [0, 0.1) is 11.8 Å². The Morgan fingerprint density at radius 1 is 1.15 bits per heavy atom. The molecule has 0 spiro atoms. The summed E-state index contributed by atoms with van der Waals surface area (Å²) in [5.41, 5.74) is 0. The van der Waals surface area contributed by atoms with Crippen molar-refractivity contribution in [3.63, 3.8) is 0 Å². The first kappa shape index (κ1) is 15.3. The Labute approximate surface area is 121 Å². The maximum atomic E-state index is 12.3. The Morgan fingerprint density at radius 3 is 2.50 bits per heavy atom. The third-order valence-electron chi connectivity index (χ3n) is 4.96. The topological polar surface area (TPSA) is 57.6 Å². The van der Waals surface area contributed by atoms with E-state index in [1.165, 1.54) is 32.1 Å². The summed E-state index contributed by atoms with van der Waals surface area (Å²) < 4.78 is 0. The van der Waals surface area contributed by atoms with Gasteiger partial charge in [-0.15, -0.1) is 0 Å². The number of hydrogen-bond donors (Lipinski definition) is 1. The Morgan fingerprint density at radius 2 is 1.85 bits per heavy atom. The van der Waals surface area contributed by atoms with Crippen LogP contribution in [0.2, 0.25) is 0 Å². The number of carbonyl (C=O) groups excluding carboxylic acids is 1. The first-order chi connectivity index (χ1) is 9.58. The molecule has 1 saturated heterocycles. The summed E-state index contributed by atoms with van der Waals surface area (Å²) in [6.45, 7) is 2.68.